The van der Waals surface area contributed by atoms with E-state index in [1.807, 2.05) is 10.9 Å². The summed E-state index contributed by atoms with van der Waals surface area (Å²) in [7, 11) is 0. The fraction of sp³-hybridized carbons (Fsp3) is 0.385. The topological polar surface area (TPSA) is 48.1 Å². The lowest BCUT2D eigenvalue weighted by Gasteiger charge is -2.30. The minimum absolute atomic E-state index is 0.768. The Morgan fingerprint density at radius 3 is 2.72 bits per heavy atom. The maximum absolute atomic E-state index is 4.39. The number of nitrogens with zero attached hydrogens (tertiary/aromatic N) is 5. The monoisotopic (exact) mass is 242 g/mol. The Labute approximate surface area is 106 Å². The summed E-state index contributed by atoms with van der Waals surface area (Å²) in [6.45, 7) is 4.64. The number of rotatable bonds is 3. The molecule has 1 aliphatic heterocycles. The molecule has 0 saturated carbocycles. The molecule has 1 aromatic carbocycles. The molecule has 0 amide bonds. The minimum atomic E-state index is 0.768. The van der Waals surface area contributed by atoms with Crippen molar-refractivity contribution in [1.29, 1.82) is 0 Å². The van der Waals surface area contributed by atoms with E-state index >= 15 is 0 Å². The molecule has 0 aliphatic carbocycles. The molecular weight excluding hydrogens is 226 g/mol. The minimum Gasteiger partial charge on any atom is -0.369 e. The van der Waals surface area contributed by atoms with Gasteiger partial charge in [-0.2, -0.15) is 0 Å². The summed E-state index contributed by atoms with van der Waals surface area (Å²) >= 11 is 0. The highest BCUT2D eigenvalue weighted by Crippen LogP contribution is 2.21. The summed E-state index contributed by atoms with van der Waals surface area (Å²) in [5.74, 6) is 0. The molecule has 1 fully saturated rings. The normalized spacial score (nSPS) is 15.9. The van der Waals surface area contributed by atoms with Crippen molar-refractivity contribution in [1.82, 2.24) is 20.3 Å². The Hall–Kier alpha value is -1.88. The van der Waals surface area contributed by atoms with Crippen molar-refractivity contribution in [2.45, 2.75) is 6.54 Å². The molecule has 0 bridgehead atoms. The highest BCUT2D eigenvalue weighted by molar-refractivity contribution is 5.54. The van der Waals surface area contributed by atoms with E-state index in [2.05, 4.69) is 44.8 Å². The van der Waals surface area contributed by atoms with Crippen molar-refractivity contribution < 1.29 is 0 Å². The standard InChI is InChI=1S/C13H16N5/c1-2-4-13(17-8-5-14-6-9-17)12(3-1)11-18-10-7-15-16-18/h1-4,7,10H,5-6,8-9,11H2. The van der Waals surface area contributed by atoms with Gasteiger partial charge in [-0.1, -0.05) is 23.4 Å². The summed E-state index contributed by atoms with van der Waals surface area (Å²) in [5.41, 5.74) is 2.58. The molecule has 0 atom stereocenters. The SMILES string of the molecule is c1ccc(N2CC[N]CC2)c(Cn2ccnn2)c1. The van der Waals surface area contributed by atoms with Gasteiger partial charge in [-0.05, 0) is 11.6 Å². The van der Waals surface area contributed by atoms with Crippen molar-refractivity contribution >= 4 is 5.69 Å². The summed E-state index contributed by atoms with van der Waals surface area (Å²) in [5, 5.41) is 12.3. The van der Waals surface area contributed by atoms with Crippen LogP contribution < -0.4 is 10.2 Å². The smallest absolute Gasteiger partial charge is 0.0697 e. The zero-order chi connectivity index (χ0) is 12.2. The van der Waals surface area contributed by atoms with Crippen LogP contribution in [-0.4, -0.2) is 41.2 Å². The molecule has 5 heteroatoms. The molecule has 0 unspecified atom stereocenters. The number of para-hydroxylation sites is 1. The van der Waals surface area contributed by atoms with Crippen LogP contribution in [0, 0.1) is 0 Å². The second kappa shape index (κ2) is 5.18. The van der Waals surface area contributed by atoms with Crippen molar-refractivity contribution in [3.8, 4) is 0 Å². The van der Waals surface area contributed by atoms with E-state index in [0.717, 1.165) is 32.7 Å². The van der Waals surface area contributed by atoms with Crippen LogP contribution in [0.5, 0.6) is 0 Å². The predicted molar refractivity (Wildman–Crippen MR) is 69.6 cm³/mol. The molecule has 1 aromatic heterocycles. The van der Waals surface area contributed by atoms with Crippen LogP contribution in [0.15, 0.2) is 36.7 Å². The van der Waals surface area contributed by atoms with E-state index in [9.17, 15) is 0 Å². The van der Waals surface area contributed by atoms with Crippen LogP contribution >= 0.6 is 0 Å². The zero-order valence-corrected chi connectivity index (χ0v) is 10.2. The van der Waals surface area contributed by atoms with Crippen LogP contribution in [0.2, 0.25) is 0 Å². The number of benzene rings is 1. The first-order chi connectivity index (χ1) is 8.93. The van der Waals surface area contributed by atoms with Crippen molar-refractivity contribution in [2.75, 3.05) is 31.1 Å². The van der Waals surface area contributed by atoms with E-state index in [0.29, 0.717) is 0 Å². The Morgan fingerprint density at radius 1 is 1.11 bits per heavy atom. The molecule has 0 N–H and O–H groups in total. The van der Waals surface area contributed by atoms with Crippen molar-refractivity contribution in [3.63, 3.8) is 0 Å². The summed E-state index contributed by atoms with van der Waals surface area (Å²) in [4.78, 5) is 2.40. The van der Waals surface area contributed by atoms with Gasteiger partial charge >= 0.3 is 0 Å². The molecule has 3 rings (SSSR count). The molecule has 2 aromatic rings. The zero-order valence-electron chi connectivity index (χ0n) is 10.2. The molecule has 18 heavy (non-hydrogen) atoms. The largest absolute Gasteiger partial charge is 0.369 e. The van der Waals surface area contributed by atoms with Gasteiger partial charge in [-0.15, -0.1) is 5.10 Å². The number of hydrogen-bond acceptors (Lipinski definition) is 3. The van der Waals surface area contributed by atoms with Gasteiger partial charge < -0.3 is 4.90 Å². The number of aromatic nitrogens is 3. The Morgan fingerprint density at radius 2 is 1.94 bits per heavy atom. The lowest BCUT2D eigenvalue weighted by atomic mass is 10.1. The third-order valence-electron chi connectivity index (χ3n) is 3.19. The first-order valence-corrected chi connectivity index (χ1v) is 6.24. The molecule has 0 spiro atoms. The van der Waals surface area contributed by atoms with Crippen LogP contribution in [0.4, 0.5) is 5.69 Å². The molecule has 2 heterocycles. The van der Waals surface area contributed by atoms with Crippen molar-refractivity contribution in [3.05, 3.63) is 42.2 Å². The van der Waals surface area contributed by atoms with Crippen LogP contribution in [-0.2, 0) is 6.54 Å². The maximum atomic E-state index is 4.39. The van der Waals surface area contributed by atoms with Gasteiger partial charge in [0.15, 0.2) is 0 Å². The molecule has 1 saturated heterocycles. The lowest BCUT2D eigenvalue weighted by molar-refractivity contribution is 0.574. The maximum Gasteiger partial charge on any atom is 0.0697 e. The van der Waals surface area contributed by atoms with Gasteiger partial charge in [0.1, 0.15) is 0 Å². The van der Waals surface area contributed by atoms with Gasteiger partial charge in [0.2, 0.25) is 0 Å². The summed E-state index contributed by atoms with van der Waals surface area (Å²) < 4.78 is 1.85. The van der Waals surface area contributed by atoms with Crippen LogP contribution in [0.25, 0.3) is 0 Å². The summed E-state index contributed by atoms with van der Waals surface area (Å²) in [6.07, 6.45) is 3.60. The lowest BCUT2D eigenvalue weighted by Crippen LogP contribution is -2.40. The van der Waals surface area contributed by atoms with Gasteiger partial charge in [-0.25, -0.2) is 10.00 Å². The Bertz CT molecular complexity index is 488. The first kappa shape index (κ1) is 11.2. The highest BCUT2D eigenvalue weighted by atomic mass is 15.4. The van der Waals surface area contributed by atoms with Gasteiger partial charge in [0.25, 0.3) is 0 Å². The van der Waals surface area contributed by atoms with Crippen LogP contribution in [0.3, 0.4) is 0 Å². The van der Waals surface area contributed by atoms with Crippen LogP contribution in [0.1, 0.15) is 5.56 Å². The molecule has 93 valence electrons. The fourth-order valence-electron chi connectivity index (χ4n) is 2.29. The molecule has 5 nitrogen and oxygen atoms in total. The van der Waals surface area contributed by atoms with E-state index < -0.39 is 0 Å². The number of hydrogen-bond donors (Lipinski definition) is 0. The van der Waals surface area contributed by atoms with Gasteiger partial charge in [-0.3, -0.25) is 0 Å². The quantitative estimate of drug-likeness (QED) is 0.798. The van der Waals surface area contributed by atoms with E-state index in [1.54, 1.807) is 6.20 Å². The summed E-state index contributed by atoms with van der Waals surface area (Å²) in [6, 6.07) is 8.50. The average molecular weight is 242 g/mol. The number of piperazine rings is 1. The third-order valence-corrected chi connectivity index (χ3v) is 3.19. The molecule has 1 aliphatic rings. The van der Waals surface area contributed by atoms with E-state index in [1.165, 1.54) is 11.3 Å². The second-order valence-electron chi connectivity index (χ2n) is 4.39. The second-order valence-corrected chi connectivity index (χ2v) is 4.39. The van der Waals surface area contributed by atoms with E-state index in [4.69, 9.17) is 0 Å². The Balaban J connectivity index is 1.84. The predicted octanol–water partition coefficient (Wildman–Crippen LogP) is 0.751. The first-order valence-electron chi connectivity index (χ1n) is 6.24. The number of anilines is 1. The highest BCUT2D eigenvalue weighted by Gasteiger charge is 2.14. The Kier molecular flexibility index (Phi) is 3.23. The molecule has 1 radical (unpaired) electrons. The van der Waals surface area contributed by atoms with Crippen molar-refractivity contribution in [2.24, 2.45) is 0 Å². The van der Waals surface area contributed by atoms with Gasteiger partial charge in [0.05, 0.1) is 12.7 Å². The molecular formula is C13H16N5. The van der Waals surface area contributed by atoms with Gasteiger partial charge in [0, 0.05) is 38.1 Å². The fourth-order valence-corrected chi connectivity index (χ4v) is 2.29. The van der Waals surface area contributed by atoms with E-state index in [-0.39, 0.29) is 0 Å². The average Bonchev–Trinajstić information content (AvgIpc) is 2.93. The third kappa shape index (κ3) is 2.36.